The maximum Gasteiger partial charge on any atom is 0.311 e. The number of carbonyl (C=O) groups excluding carboxylic acids is 2. The van der Waals surface area contributed by atoms with E-state index in [1.807, 2.05) is 6.07 Å². The number of aliphatic hydroxyl groups excluding tert-OH is 1. The molecule has 0 aliphatic heterocycles. The molecule has 0 aromatic heterocycles. The van der Waals surface area contributed by atoms with Crippen molar-refractivity contribution in [2.45, 2.75) is 50.8 Å². The second-order valence-corrected chi connectivity index (χ2v) is 7.52. The lowest BCUT2D eigenvalue weighted by atomic mass is 9.72. The lowest BCUT2D eigenvalue weighted by Crippen LogP contribution is -2.71. The number of hydrogen-bond acceptors (Lipinski definition) is 7. The molecule has 0 spiro atoms. The van der Waals surface area contributed by atoms with Crippen molar-refractivity contribution in [1.82, 2.24) is 0 Å². The lowest BCUT2D eigenvalue weighted by molar-refractivity contribution is -0.245. The van der Waals surface area contributed by atoms with Crippen molar-refractivity contribution < 1.29 is 39.2 Å². The SMILES string of the molecule is CC(=O)[C@@](O)(C(=O)CC(=O)O)[C@](CO)(OCc1ccccc1)[C@@H](C)OCc1ccccc1. The number of Topliss-reactive ketones (excluding diaryl/α,β-unsaturated/α-hetero) is 2. The number of carboxylic acid groups (broad SMARTS) is 1. The van der Waals surface area contributed by atoms with Crippen molar-refractivity contribution >= 4 is 17.5 Å². The molecule has 0 fully saturated rings. The summed E-state index contributed by atoms with van der Waals surface area (Å²) in [7, 11) is 0. The van der Waals surface area contributed by atoms with Gasteiger partial charge in [0, 0.05) is 0 Å². The van der Waals surface area contributed by atoms with Crippen molar-refractivity contribution in [1.29, 1.82) is 0 Å². The second-order valence-electron chi connectivity index (χ2n) is 7.52. The molecular formula is C24H28O8. The highest BCUT2D eigenvalue weighted by atomic mass is 16.6. The van der Waals surface area contributed by atoms with Gasteiger partial charge in [-0.3, -0.25) is 14.4 Å². The van der Waals surface area contributed by atoms with Crippen LogP contribution in [0, 0.1) is 0 Å². The molecule has 0 radical (unpaired) electrons. The zero-order chi connectivity index (χ0) is 23.8. The molecule has 2 aromatic rings. The number of hydrogen-bond donors (Lipinski definition) is 3. The fourth-order valence-corrected chi connectivity index (χ4v) is 3.52. The highest BCUT2D eigenvalue weighted by molar-refractivity contribution is 6.15. The summed E-state index contributed by atoms with van der Waals surface area (Å²) >= 11 is 0. The Morgan fingerprint density at radius 3 is 1.88 bits per heavy atom. The van der Waals surface area contributed by atoms with E-state index in [9.17, 15) is 24.6 Å². The van der Waals surface area contributed by atoms with E-state index in [2.05, 4.69) is 0 Å². The minimum atomic E-state index is -2.95. The van der Waals surface area contributed by atoms with Crippen LogP contribution < -0.4 is 0 Å². The average Bonchev–Trinajstić information content (AvgIpc) is 2.78. The van der Waals surface area contributed by atoms with Gasteiger partial charge in [-0.2, -0.15) is 0 Å². The number of carboxylic acids is 1. The Balaban J connectivity index is 2.46. The number of carbonyl (C=O) groups is 3. The van der Waals surface area contributed by atoms with Crippen LogP contribution >= 0.6 is 0 Å². The van der Waals surface area contributed by atoms with Crippen LogP contribution in [0.25, 0.3) is 0 Å². The molecule has 8 nitrogen and oxygen atoms in total. The van der Waals surface area contributed by atoms with Crippen molar-refractivity contribution in [2.75, 3.05) is 6.61 Å². The molecular weight excluding hydrogens is 416 g/mol. The predicted octanol–water partition coefficient (Wildman–Crippen LogP) is 1.90. The monoisotopic (exact) mass is 444 g/mol. The van der Waals surface area contributed by atoms with Crippen LogP contribution in [0.3, 0.4) is 0 Å². The maximum atomic E-state index is 12.8. The molecule has 0 aliphatic rings. The number of benzene rings is 2. The smallest absolute Gasteiger partial charge is 0.311 e. The first kappa shape index (κ1) is 25.4. The Morgan fingerprint density at radius 1 is 0.938 bits per heavy atom. The summed E-state index contributed by atoms with van der Waals surface area (Å²) < 4.78 is 11.7. The Kier molecular flexibility index (Phi) is 8.80. The van der Waals surface area contributed by atoms with Gasteiger partial charge >= 0.3 is 5.97 Å². The first-order chi connectivity index (χ1) is 15.2. The Hall–Kier alpha value is -2.91. The van der Waals surface area contributed by atoms with Crippen LogP contribution in [0.15, 0.2) is 60.7 Å². The number of aliphatic carboxylic acids is 1. The molecule has 0 unspecified atom stereocenters. The summed E-state index contributed by atoms with van der Waals surface area (Å²) in [6.45, 7) is 1.29. The highest BCUT2D eigenvalue weighted by Crippen LogP contribution is 2.36. The summed E-state index contributed by atoms with van der Waals surface area (Å²) in [5.74, 6) is -3.88. The maximum absolute atomic E-state index is 12.8. The first-order valence-corrected chi connectivity index (χ1v) is 10.1. The number of ether oxygens (including phenoxy) is 2. The second kappa shape index (κ2) is 11.1. The van der Waals surface area contributed by atoms with E-state index in [0.29, 0.717) is 5.56 Å². The van der Waals surface area contributed by atoms with Crippen LogP contribution in [0.5, 0.6) is 0 Å². The van der Waals surface area contributed by atoms with Gasteiger partial charge in [0.15, 0.2) is 17.2 Å². The fraction of sp³-hybridized carbons (Fsp3) is 0.375. The average molecular weight is 444 g/mol. The molecule has 0 saturated heterocycles. The Bertz CT molecular complexity index is 914. The van der Waals surface area contributed by atoms with Crippen LogP contribution in [-0.2, 0) is 37.1 Å². The fourth-order valence-electron chi connectivity index (χ4n) is 3.52. The molecule has 32 heavy (non-hydrogen) atoms. The summed E-state index contributed by atoms with van der Waals surface area (Å²) in [6.07, 6.45) is -2.30. The van der Waals surface area contributed by atoms with Gasteiger partial charge in [-0.25, -0.2) is 0 Å². The lowest BCUT2D eigenvalue weighted by Gasteiger charge is -2.46. The summed E-state index contributed by atoms with van der Waals surface area (Å²) in [4.78, 5) is 36.6. The largest absolute Gasteiger partial charge is 0.481 e. The number of aliphatic hydroxyl groups is 2. The van der Waals surface area contributed by atoms with Gasteiger partial charge in [0.05, 0.1) is 25.9 Å². The van der Waals surface area contributed by atoms with Crippen LogP contribution in [0.4, 0.5) is 0 Å². The normalized spacial score (nSPS) is 15.9. The molecule has 2 aromatic carbocycles. The molecule has 0 amide bonds. The molecule has 0 saturated carbocycles. The van der Waals surface area contributed by atoms with Gasteiger partial charge < -0.3 is 24.8 Å². The van der Waals surface area contributed by atoms with Gasteiger partial charge in [0.2, 0.25) is 5.60 Å². The molecule has 0 bridgehead atoms. The van der Waals surface area contributed by atoms with Crippen molar-refractivity contribution in [3.05, 3.63) is 71.8 Å². The van der Waals surface area contributed by atoms with E-state index in [1.165, 1.54) is 6.92 Å². The predicted molar refractivity (Wildman–Crippen MR) is 115 cm³/mol. The third kappa shape index (κ3) is 5.46. The van der Waals surface area contributed by atoms with Gasteiger partial charge in [-0.1, -0.05) is 60.7 Å². The van der Waals surface area contributed by atoms with E-state index in [-0.39, 0.29) is 13.2 Å². The van der Waals surface area contributed by atoms with E-state index >= 15 is 0 Å². The minimum absolute atomic E-state index is 0.0412. The van der Waals surface area contributed by atoms with Crippen molar-refractivity contribution in [2.24, 2.45) is 0 Å². The summed E-state index contributed by atoms with van der Waals surface area (Å²) in [5.41, 5.74) is -3.78. The molecule has 3 N–H and O–H groups in total. The van der Waals surface area contributed by atoms with Crippen LogP contribution in [0.1, 0.15) is 31.4 Å². The zero-order valence-electron chi connectivity index (χ0n) is 18.1. The Labute approximate surface area is 186 Å². The highest BCUT2D eigenvalue weighted by Gasteiger charge is 2.63. The molecule has 0 heterocycles. The first-order valence-electron chi connectivity index (χ1n) is 10.1. The number of ketones is 2. The summed E-state index contributed by atoms with van der Waals surface area (Å²) in [5, 5.41) is 30.8. The molecule has 2 rings (SSSR count). The van der Waals surface area contributed by atoms with E-state index in [4.69, 9.17) is 14.6 Å². The van der Waals surface area contributed by atoms with E-state index in [1.54, 1.807) is 54.6 Å². The quantitative estimate of drug-likeness (QED) is 0.400. The van der Waals surface area contributed by atoms with Crippen molar-refractivity contribution in [3.8, 4) is 0 Å². The van der Waals surface area contributed by atoms with E-state index in [0.717, 1.165) is 12.5 Å². The van der Waals surface area contributed by atoms with E-state index < -0.39 is 47.9 Å². The molecule has 172 valence electrons. The molecule has 0 aliphatic carbocycles. The third-order valence-corrected chi connectivity index (χ3v) is 5.41. The standard InChI is InChI=1S/C24H28O8/c1-17(26)24(30,21(27)13-22(28)29)23(16-25,32-15-20-11-7-4-8-12-20)18(2)31-14-19-9-5-3-6-10-19/h3-12,18,25,30H,13-16H2,1-2H3,(H,28,29)/t18-,23-,24-/m1/s1. The number of rotatable bonds is 13. The third-order valence-electron chi connectivity index (χ3n) is 5.41. The molecule has 3 atom stereocenters. The van der Waals surface area contributed by atoms with Gasteiger partial charge in [-0.05, 0) is 25.0 Å². The van der Waals surface area contributed by atoms with Gasteiger partial charge in [0.1, 0.15) is 6.42 Å². The van der Waals surface area contributed by atoms with Crippen molar-refractivity contribution in [3.63, 3.8) is 0 Å². The minimum Gasteiger partial charge on any atom is -0.481 e. The van der Waals surface area contributed by atoms with Gasteiger partial charge in [0.25, 0.3) is 0 Å². The van der Waals surface area contributed by atoms with Crippen LogP contribution in [0.2, 0.25) is 0 Å². The molecule has 8 heteroatoms. The van der Waals surface area contributed by atoms with Crippen LogP contribution in [-0.4, -0.2) is 56.8 Å². The zero-order valence-corrected chi connectivity index (χ0v) is 18.1. The topological polar surface area (TPSA) is 130 Å². The Morgan fingerprint density at radius 2 is 1.44 bits per heavy atom. The summed E-state index contributed by atoms with van der Waals surface area (Å²) in [6, 6.07) is 17.8. The van der Waals surface area contributed by atoms with Gasteiger partial charge in [-0.15, -0.1) is 0 Å².